The number of nitrogens with one attached hydrogen (secondary N) is 1. The minimum atomic E-state index is -3.07. The number of thiazole rings is 1. The van der Waals surface area contributed by atoms with Crippen LogP contribution in [0.3, 0.4) is 0 Å². The van der Waals surface area contributed by atoms with Gasteiger partial charge in [-0.15, -0.1) is 11.3 Å². The third-order valence-electron chi connectivity index (χ3n) is 2.84. The van der Waals surface area contributed by atoms with Crippen LogP contribution in [0.25, 0.3) is 10.4 Å². The van der Waals surface area contributed by atoms with Crippen LogP contribution in [0.5, 0.6) is 0 Å². The lowest BCUT2D eigenvalue weighted by Gasteiger charge is -2.07. The Morgan fingerprint density at radius 2 is 1.90 bits per heavy atom. The lowest BCUT2D eigenvalue weighted by Crippen LogP contribution is -2.22. The molecule has 21 heavy (non-hydrogen) atoms. The summed E-state index contributed by atoms with van der Waals surface area (Å²) >= 11 is 1.46. The summed E-state index contributed by atoms with van der Waals surface area (Å²) in [4.78, 5) is 5.56. The first-order valence-electron chi connectivity index (χ1n) is 6.80. The van der Waals surface area contributed by atoms with Gasteiger partial charge in [-0.25, -0.2) is 13.4 Å². The second-order valence-corrected chi connectivity index (χ2v) is 8.58. The predicted molar refractivity (Wildman–Crippen MR) is 88.1 cm³/mol. The molecular weight excluding hydrogens is 304 g/mol. The Labute approximate surface area is 130 Å². The molecule has 1 N–H and O–H groups in total. The number of hydrogen-bond acceptors (Lipinski definition) is 5. The molecule has 0 amide bonds. The van der Waals surface area contributed by atoms with E-state index in [4.69, 9.17) is 0 Å². The molecule has 0 fully saturated rings. The molecule has 1 aromatic carbocycles. The smallest absolute Gasteiger partial charge is 0.153 e. The normalized spacial score (nSPS) is 12.0. The Balaban J connectivity index is 2.36. The van der Waals surface area contributed by atoms with Gasteiger partial charge in [0.25, 0.3) is 0 Å². The zero-order valence-corrected chi connectivity index (χ0v) is 14.1. The van der Waals surface area contributed by atoms with E-state index in [1.165, 1.54) is 17.6 Å². The molecule has 0 aliphatic heterocycles. The van der Waals surface area contributed by atoms with Gasteiger partial charge in [0.05, 0.1) is 10.6 Å². The maximum atomic E-state index is 11.5. The fraction of sp³-hybridized carbons (Fsp3) is 0.400. The van der Waals surface area contributed by atoms with E-state index in [0.29, 0.717) is 17.6 Å². The average Bonchev–Trinajstić information content (AvgIpc) is 2.78. The molecular formula is C15H20N2O2S2. The van der Waals surface area contributed by atoms with Crippen molar-refractivity contribution in [2.45, 2.75) is 32.2 Å². The van der Waals surface area contributed by atoms with Gasteiger partial charge in [0, 0.05) is 18.8 Å². The summed E-state index contributed by atoms with van der Waals surface area (Å²) in [6.45, 7) is 4.79. The van der Waals surface area contributed by atoms with Crippen LogP contribution < -0.4 is 5.32 Å². The lowest BCUT2D eigenvalue weighted by molar-refractivity contribution is 0.582. The van der Waals surface area contributed by atoms with Gasteiger partial charge in [-0.1, -0.05) is 44.2 Å². The van der Waals surface area contributed by atoms with Gasteiger partial charge in [0.2, 0.25) is 0 Å². The molecule has 1 aromatic heterocycles. The Morgan fingerprint density at radius 3 is 2.48 bits per heavy atom. The molecule has 0 unspecified atom stereocenters. The van der Waals surface area contributed by atoms with Crippen LogP contribution in [0, 0.1) is 0 Å². The van der Waals surface area contributed by atoms with E-state index in [1.54, 1.807) is 0 Å². The molecule has 0 saturated heterocycles. The molecule has 4 nitrogen and oxygen atoms in total. The standard InChI is InChI=1S/C15H20N2O2S2/c1-11(2)16-9-13-15(12-7-5-4-6-8-12)20-14(17-13)10-21(3,18)19/h4-8,11,16H,9-10H2,1-3H3. The molecule has 114 valence electrons. The van der Waals surface area contributed by atoms with Crippen LogP contribution in [-0.4, -0.2) is 25.7 Å². The molecule has 0 atom stereocenters. The summed E-state index contributed by atoms with van der Waals surface area (Å²) in [6.07, 6.45) is 1.24. The summed E-state index contributed by atoms with van der Waals surface area (Å²) in [5, 5.41) is 3.99. The van der Waals surface area contributed by atoms with Crippen molar-refractivity contribution >= 4 is 21.2 Å². The fourth-order valence-electron chi connectivity index (χ4n) is 1.92. The number of benzene rings is 1. The van der Waals surface area contributed by atoms with Gasteiger partial charge < -0.3 is 5.32 Å². The molecule has 0 saturated carbocycles. The quantitative estimate of drug-likeness (QED) is 0.887. The largest absolute Gasteiger partial charge is 0.309 e. The minimum Gasteiger partial charge on any atom is -0.309 e. The Kier molecular flexibility index (Phi) is 5.13. The first kappa shape index (κ1) is 16.1. The maximum absolute atomic E-state index is 11.5. The first-order chi connectivity index (χ1) is 9.85. The van der Waals surface area contributed by atoms with Gasteiger partial charge >= 0.3 is 0 Å². The number of sulfone groups is 1. The van der Waals surface area contributed by atoms with Gasteiger partial charge in [-0.05, 0) is 5.56 Å². The third kappa shape index (κ3) is 4.91. The van der Waals surface area contributed by atoms with E-state index in [-0.39, 0.29) is 5.75 Å². The zero-order valence-electron chi connectivity index (χ0n) is 12.5. The van der Waals surface area contributed by atoms with E-state index < -0.39 is 9.84 Å². The molecule has 6 heteroatoms. The Hall–Kier alpha value is -1.24. The summed E-state index contributed by atoms with van der Waals surface area (Å²) in [7, 11) is -3.07. The van der Waals surface area contributed by atoms with Gasteiger partial charge in [-0.2, -0.15) is 0 Å². The monoisotopic (exact) mass is 324 g/mol. The van der Waals surface area contributed by atoms with Crippen LogP contribution in [-0.2, 0) is 22.1 Å². The highest BCUT2D eigenvalue weighted by atomic mass is 32.2. The minimum absolute atomic E-state index is 0.000815. The van der Waals surface area contributed by atoms with Gasteiger partial charge in [0.15, 0.2) is 9.84 Å². The molecule has 0 spiro atoms. The topological polar surface area (TPSA) is 59.1 Å². The van der Waals surface area contributed by atoms with Crippen molar-refractivity contribution in [1.29, 1.82) is 0 Å². The summed E-state index contributed by atoms with van der Waals surface area (Å²) in [5.74, 6) is -0.000815. The predicted octanol–water partition coefficient (Wildman–Crippen LogP) is 2.85. The number of rotatable bonds is 6. The van der Waals surface area contributed by atoms with Crippen LogP contribution in [0.15, 0.2) is 30.3 Å². The highest BCUT2D eigenvalue weighted by Crippen LogP contribution is 2.31. The van der Waals surface area contributed by atoms with Crippen molar-refractivity contribution in [3.05, 3.63) is 41.0 Å². The van der Waals surface area contributed by atoms with Crippen molar-refractivity contribution in [3.8, 4) is 10.4 Å². The number of aromatic nitrogens is 1. The second-order valence-electron chi connectivity index (χ2n) is 5.36. The zero-order chi connectivity index (χ0) is 15.5. The maximum Gasteiger partial charge on any atom is 0.153 e. The van der Waals surface area contributed by atoms with Crippen molar-refractivity contribution in [2.24, 2.45) is 0 Å². The van der Waals surface area contributed by atoms with Crippen molar-refractivity contribution in [2.75, 3.05) is 6.26 Å². The average molecular weight is 324 g/mol. The van der Waals surface area contributed by atoms with Gasteiger partial charge in [0.1, 0.15) is 10.8 Å². The van der Waals surface area contributed by atoms with Crippen molar-refractivity contribution in [1.82, 2.24) is 10.3 Å². The van der Waals surface area contributed by atoms with E-state index in [2.05, 4.69) is 24.1 Å². The van der Waals surface area contributed by atoms with Crippen LogP contribution >= 0.6 is 11.3 Å². The summed E-state index contributed by atoms with van der Waals surface area (Å²) in [6, 6.07) is 10.3. The first-order valence-corrected chi connectivity index (χ1v) is 9.68. The van der Waals surface area contributed by atoms with E-state index in [1.807, 2.05) is 30.3 Å². The molecule has 1 heterocycles. The SMILES string of the molecule is CC(C)NCc1nc(CS(C)(=O)=O)sc1-c1ccccc1. The number of hydrogen-bond donors (Lipinski definition) is 1. The van der Waals surface area contributed by atoms with Gasteiger partial charge in [-0.3, -0.25) is 0 Å². The highest BCUT2D eigenvalue weighted by Gasteiger charge is 2.16. The van der Waals surface area contributed by atoms with Crippen LogP contribution in [0.4, 0.5) is 0 Å². The molecule has 0 aliphatic rings. The molecule has 0 bridgehead atoms. The third-order valence-corrected chi connectivity index (χ3v) is 4.97. The molecule has 2 rings (SSSR count). The Bertz CT molecular complexity index is 692. The lowest BCUT2D eigenvalue weighted by atomic mass is 10.1. The Morgan fingerprint density at radius 1 is 1.24 bits per heavy atom. The van der Waals surface area contributed by atoms with E-state index in [9.17, 15) is 8.42 Å². The highest BCUT2D eigenvalue weighted by molar-refractivity contribution is 7.90. The molecule has 0 aliphatic carbocycles. The second kappa shape index (κ2) is 6.68. The van der Waals surface area contributed by atoms with Crippen molar-refractivity contribution in [3.63, 3.8) is 0 Å². The van der Waals surface area contributed by atoms with Crippen molar-refractivity contribution < 1.29 is 8.42 Å². The van der Waals surface area contributed by atoms with E-state index >= 15 is 0 Å². The fourth-order valence-corrected chi connectivity index (χ4v) is 4.19. The van der Waals surface area contributed by atoms with Crippen LogP contribution in [0.1, 0.15) is 24.5 Å². The molecule has 0 radical (unpaired) electrons. The molecule has 2 aromatic rings. The van der Waals surface area contributed by atoms with Crippen LogP contribution in [0.2, 0.25) is 0 Å². The number of nitrogens with zero attached hydrogens (tertiary/aromatic N) is 1. The summed E-state index contributed by atoms with van der Waals surface area (Å²) < 4.78 is 22.9. The summed E-state index contributed by atoms with van der Waals surface area (Å²) in [5.41, 5.74) is 1.99. The van der Waals surface area contributed by atoms with E-state index in [0.717, 1.165) is 16.1 Å².